The highest BCUT2D eigenvalue weighted by Gasteiger charge is 2.16. The Kier molecular flexibility index (Phi) is 7.61. The second-order valence-corrected chi connectivity index (χ2v) is 9.25. The Morgan fingerprint density at radius 2 is 1.78 bits per heavy atom. The third-order valence-corrected chi connectivity index (χ3v) is 6.50. The summed E-state index contributed by atoms with van der Waals surface area (Å²) in [6, 6.07) is 17.1. The van der Waals surface area contributed by atoms with Gasteiger partial charge in [-0.1, -0.05) is 49.7 Å². The first kappa shape index (κ1) is 24.1. The molecule has 0 unspecified atom stereocenters. The molecule has 3 heterocycles. The van der Waals surface area contributed by atoms with Crippen LogP contribution in [0.25, 0.3) is 11.0 Å². The van der Waals surface area contributed by atoms with E-state index in [4.69, 9.17) is 14.5 Å². The van der Waals surface area contributed by atoms with Crippen LogP contribution < -0.4 is 14.8 Å². The summed E-state index contributed by atoms with van der Waals surface area (Å²) < 4.78 is 13.1. The molecule has 1 aliphatic rings. The lowest BCUT2D eigenvalue weighted by Gasteiger charge is -2.30. The third kappa shape index (κ3) is 5.76. The van der Waals surface area contributed by atoms with Crippen LogP contribution in [0.4, 0.5) is 5.82 Å². The van der Waals surface area contributed by atoms with Gasteiger partial charge in [0.15, 0.2) is 5.65 Å². The van der Waals surface area contributed by atoms with Crippen molar-refractivity contribution in [1.82, 2.24) is 24.6 Å². The summed E-state index contributed by atoms with van der Waals surface area (Å²) in [7, 11) is 1.67. The standard InChI is InChI=1S/C28H34N6O2/c1-3-4-15-36-28-31-26(29-17-21-9-11-24(35-2)12-10-21)25-18-30-34(27(25)32-28)20-23-8-5-7-22(16-23)19-33-13-6-14-33/h5,7-12,16,18H,3-4,6,13-15,17,19-20H2,1-2H3,(H,29,31,32). The Balaban J connectivity index is 1.38. The number of anilines is 1. The minimum Gasteiger partial charge on any atom is -0.497 e. The Bertz CT molecular complexity index is 1280. The van der Waals surface area contributed by atoms with Crippen LogP contribution >= 0.6 is 0 Å². The van der Waals surface area contributed by atoms with Crippen LogP contribution in [0.2, 0.25) is 0 Å². The van der Waals surface area contributed by atoms with E-state index in [1.807, 2.05) is 35.1 Å². The number of benzene rings is 2. The molecule has 0 radical (unpaired) electrons. The minimum atomic E-state index is 0.376. The predicted molar refractivity (Wildman–Crippen MR) is 141 cm³/mol. The van der Waals surface area contributed by atoms with Gasteiger partial charge < -0.3 is 14.8 Å². The lowest BCUT2D eigenvalue weighted by Crippen LogP contribution is -2.36. The first-order valence-electron chi connectivity index (χ1n) is 12.7. The third-order valence-electron chi connectivity index (χ3n) is 6.50. The highest BCUT2D eigenvalue weighted by atomic mass is 16.5. The Labute approximate surface area is 212 Å². The Morgan fingerprint density at radius 1 is 0.972 bits per heavy atom. The zero-order valence-corrected chi connectivity index (χ0v) is 21.1. The fourth-order valence-corrected chi connectivity index (χ4v) is 4.28. The second-order valence-electron chi connectivity index (χ2n) is 9.25. The maximum absolute atomic E-state index is 5.91. The number of unbranched alkanes of at least 4 members (excludes halogenated alkanes) is 1. The molecule has 4 aromatic rings. The average molecular weight is 487 g/mol. The molecule has 0 atom stereocenters. The van der Waals surface area contributed by atoms with Crippen molar-refractivity contribution >= 4 is 16.9 Å². The molecule has 0 spiro atoms. The van der Waals surface area contributed by atoms with Crippen LogP contribution in [0, 0.1) is 0 Å². The molecule has 8 nitrogen and oxygen atoms in total. The van der Waals surface area contributed by atoms with Crippen molar-refractivity contribution in [2.24, 2.45) is 0 Å². The van der Waals surface area contributed by atoms with Gasteiger partial charge in [0.1, 0.15) is 11.6 Å². The van der Waals surface area contributed by atoms with Crippen LogP contribution in [0.3, 0.4) is 0 Å². The first-order valence-corrected chi connectivity index (χ1v) is 12.7. The van der Waals surface area contributed by atoms with Crippen molar-refractivity contribution in [3.63, 3.8) is 0 Å². The summed E-state index contributed by atoms with van der Waals surface area (Å²) in [5, 5.41) is 9.02. The maximum Gasteiger partial charge on any atom is 0.320 e. The SMILES string of the molecule is CCCCOc1nc(NCc2ccc(OC)cc2)c2cnn(Cc3cccc(CN4CCC4)c3)c2n1. The fourth-order valence-electron chi connectivity index (χ4n) is 4.28. The van der Waals surface area contributed by atoms with Gasteiger partial charge in [0.2, 0.25) is 0 Å². The van der Waals surface area contributed by atoms with Crippen LogP contribution in [-0.2, 0) is 19.6 Å². The molecule has 5 rings (SSSR count). The number of fused-ring (bicyclic) bond motifs is 1. The monoisotopic (exact) mass is 486 g/mol. The summed E-state index contributed by atoms with van der Waals surface area (Å²) in [6.45, 7) is 7.38. The van der Waals surface area contributed by atoms with Crippen LogP contribution in [0.5, 0.6) is 11.8 Å². The van der Waals surface area contributed by atoms with Gasteiger partial charge in [0, 0.05) is 13.1 Å². The number of nitrogens with zero attached hydrogens (tertiary/aromatic N) is 5. The number of nitrogens with one attached hydrogen (secondary N) is 1. The van der Waals surface area contributed by atoms with Crippen LogP contribution in [-0.4, -0.2) is 51.5 Å². The average Bonchev–Trinajstić information content (AvgIpc) is 3.28. The minimum absolute atomic E-state index is 0.376. The highest BCUT2D eigenvalue weighted by Crippen LogP contribution is 2.25. The van der Waals surface area contributed by atoms with Gasteiger partial charge in [0.25, 0.3) is 0 Å². The summed E-state index contributed by atoms with van der Waals surface area (Å²) in [5.41, 5.74) is 4.44. The van der Waals surface area contributed by atoms with Gasteiger partial charge >= 0.3 is 6.01 Å². The largest absolute Gasteiger partial charge is 0.497 e. The molecule has 2 aromatic carbocycles. The summed E-state index contributed by atoms with van der Waals surface area (Å²) in [6.07, 6.45) is 5.15. The molecular weight excluding hydrogens is 452 g/mol. The molecule has 1 N–H and O–H groups in total. The number of hydrogen-bond donors (Lipinski definition) is 1. The topological polar surface area (TPSA) is 77.3 Å². The Hall–Kier alpha value is -3.65. The molecule has 1 aliphatic heterocycles. The number of ether oxygens (including phenoxy) is 2. The lowest BCUT2D eigenvalue weighted by atomic mass is 10.1. The number of aromatic nitrogens is 4. The maximum atomic E-state index is 5.91. The van der Waals surface area contributed by atoms with E-state index in [0.29, 0.717) is 25.7 Å². The second kappa shape index (κ2) is 11.4. The van der Waals surface area contributed by atoms with Crippen LogP contribution in [0.15, 0.2) is 54.7 Å². The van der Waals surface area contributed by atoms with E-state index in [1.54, 1.807) is 7.11 Å². The molecule has 8 heteroatoms. The number of hydrogen-bond acceptors (Lipinski definition) is 7. The molecule has 0 amide bonds. The van der Waals surface area contributed by atoms with E-state index in [-0.39, 0.29) is 0 Å². The normalized spacial score (nSPS) is 13.5. The molecule has 0 saturated carbocycles. The van der Waals surface area contributed by atoms with Crippen molar-refractivity contribution in [2.75, 3.05) is 32.1 Å². The molecule has 0 bridgehead atoms. The van der Waals surface area contributed by atoms with Crippen LogP contribution in [0.1, 0.15) is 42.9 Å². The smallest absolute Gasteiger partial charge is 0.320 e. The summed E-state index contributed by atoms with van der Waals surface area (Å²) in [4.78, 5) is 11.9. The van der Waals surface area contributed by atoms with E-state index in [9.17, 15) is 0 Å². The van der Waals surface area contributed by atoms with E-state index in [1.165, 1.54) is 30.6 Å². The van der Waals surface area contributed by atoms with Gasteiger partial charge in [-0.3, -0.25) is 4.90 Å². The van der Waals surface area contributed by atoms with Crippen molar-refractivity contribution < 1.29 is 9.47 Å². The lowest BCUT2D eigenvalue weighted by molar-refractivity contribution is 0.172. The number of methoxy groups -OCH3 is 1. The highest BCUT2D eigenvalue weighted by molar-refractivity contribution is 5.86. The molecule has 36 heavy (non-hydrogen) atoms. The zero-order chi connectivity index (χ0) is 24.7. The van der Waals surface area contributed by atoms with Crippen molar-refractivity contribution in [3.8, 4) is 11.8 Å². The predicted octanol–water partition coefficient (Wildman–Crippen LogP) is 4.88. The van der Waals surface area contributed by atoms with Crippen molar-refractivity contribution in [3.05, 3.63) is 71.4 Å². The molecule has 1 fully saturated rings. The molecular formula is C28H34N6O2. The van der Waals surface area contributed by atoms with Gasteiger partial charge in [-0.2, -0.15) is 15.1 Å². The molecule has 1 saturated heterocycles. The Morgan fingerprint density at radius 3 is 2.50 bits per heavy atom. The molecule has 188 valence electrons. The van der Waals surface area contributed by atoms with Crippen molar-refractivity contribution in [1.29, 1.82) is 0 Å². The fraction of sp³-hybridized carbons (Fsp3) is 0.393. The van der Waals surface area contributed by atoms with E-state index in [0.717, 1.165) is 47.6 Å². The summed E-state index contributed by atoms with van der Waals surface area (Å²) >= 11 is 0. The number of likely N-dealkylation sites (tertiary alicyclic amines) is 1. The van der Waals surface area contributed by atoms with E-state index in [2.05, 4.69) is 51.5 Å². The van der Waals surface area contributed by atoms with Gasteiger partial charge in [-0.05, 0) is 54.8 Å². The quantitative estimate of drug-likeness (QED) is 0.286. The van der Waals surface area contributed by atoms with Gasteiger partial charge in [-0.25, -0.2) is 4.68 Å². The summed E-state index contributed by atoms with van der Waals surface area (Å²) in [5.74, 6) is 1.56. The van der Waals surface area contributed by atoms with Gasteiger partial charge in [-0.15, -0.1) is 0 Å². The first-order chi connectivity index (χ1) is 17.7. The zero-order valence-electron chi connectivity index (χ0n) is 21.1. The number of rotatable bonds is 12. The molecule has 0 aliphatic carbocycles. The van der Waals surface area contributed by atoms with E-state index < -0.39 is 0 Å². The van der Waals surface area contributed by atoms with Crippen molar-refractivity contribution in [2.45, 2.75) is 45.8 Å². The molecule has 2 aromatic heterocycles. The van der Waals surface area contributed by atoms with E-state index >= 15 is 0 Å². The van der Waals surface area contributed by atoms with Gasteiger partial charge in [0.05, 0.1) is 31.8 Å².